The van der Waals surface area contributed by atoms with E-state index in [0.29, 0.717) is 13.2 Å². The molecule has 7 heteroatoms. The van der Waals surface area contributed by atoms with Gasteiger partial charge in [-0.3, -0.25) is 0 Å². The molecule has 0 atom stereocenters. The number of ether oxygens (including phenoxy) is 1. The van der Waals surface area contributed by atoms with Gasteiger partial charge in [0, 0.05) is 40.9 Å². The molecule has 0 radical (unpaired) electrons. The number of hydrogen-bond acceptors (Lipinski definition) is 5. The fraction of sp³-hybridized carbons (Fsp3) is 0.147. The van der Waals surface area contributed by atoms with E-state index >= 15 is 0 Å². The van der Waals surface area contributed by atoms with E-state index in [1.807, 2.05) is 18.5 Å². The highest BCUT2D eigenvalue weighted by atomic mass is 79.9. The maximum atomic E-state index is 5.58. The molecule has 0 N–H and O–H groups in total. The first-order valence-electron chi connectivity index (χ1n) is 13.8. The molecule has 4 heterocycles. The summed E-state index contributed by atoms with van der Waals surface area (Å²) in [5.41, 5.74) is 5.17. The van der Waals surface area contributed by atoms with Gasteiger partial charge in [-0.25, -0.2) is 14.6 Å². The van der Waals surface area contributed by atoms with Crippen LogP contribution < -0.4 is 4.90 Å². The number of morpholine rings is 1. The molecule has 1 fully saturated rings. The topological polar surface area (TPSA) is 56.1 Å². The van der Waals surface area contributed by atoms with Crippen molar-refractivity contribution in [2.24, 2.45) is 0 Å². The molecular formula is C34H28BrN5O. The smallest absolute Gasteiger partial charge is 0.160 e. The zero-order valence-electron chi connectivity index (χ0n) is 22.4. The van der Waals surface area contributed by atoms with E-state index in [1.165, 1.54) is 0 Å². The van der Waals surface area contributed by atoms with Gasteiger partial charge in [-0.15, -0.1) is 0 Å². The molecule has 0 saturated carbocycles. The molecule has 1 aliphatic rings. The molecule has 0 amide bonds. The van der Waals surface area contributed by atoms with E-state index in [-0.39, 0.29) is 0 Å². The third-order valence-corrected chi connectivity index (χ3v) is 8.17. The predicted octanol–water partition coefficient (Wildman–Crippen LogP) is 6.93. The van der Waals surface area contributed by atoms with Crippen molar-refractivity contribution in [3.63, 3.8) is 0 Å². The summed E-state index contributed by atoms with van der Waals surface area (Å²) < 4.78 is 8.59. The van der Waals surface area contributed by atoms with Crippen LogP contribution in [0.1, 0.15) is 16.7 Å². The third-order valence-electron chi connectivity index (χ3n) is 7.74. The normalized spacial score (nSPS) is 13.9. The zero-order chi connectivity index (χ0) is 27.6. The Morgan fingerprint density at radius 2 is 1.29 bits per heavy atom. The number of benzene rings is 3. The largest absolute Gasteiger partial charge is 0.378 e. The van der Waals surface area contributed by atoms with Gasteiger partial charge in [-0.2, -0.15) is 5.10 Å². The molecule has 0 bridgehead atoms. The summed E-state index contributed by atoms with van der Waals surface area (Å²) in [4.78, 5) is 12.0. The molecule has 3 aromatic heterocycles. The lowest BCUT2D eigenvalue weighted by Gasteiger charge is -2.36. The number of aromatic nitrogens is 4. The van der Waals surface area contributed by atoms with Crippen LogP contribution in [0.4, 0.5) is 5.82 Å². The highest BCUT2D eigenvalue weighted by molar-refractivity contribution is 9.10. The van der Waals surface area contributed by atoms with Crippen LogP contribution in [-0.4, -0.2) is 46.1 Å². The lowest BCUT2D eigenvalue weighted by atomic mass is 9.77. The Hall–Kier alpha value is -4.33. The molecular weight excluding hydrogens is 574 g/mol. The summed E-state index contributed by atoms with van der Waals surface area (Å²) in [6.45, 7) is 3.04. The first-order valence-corrected chi connectivity index (χ1v) is 14.5. The summed E-state index contributed by atoms with van der Waals surface area (Å²) in [6.07, 6.45) is 3.72. The van der Waals surface area contributed by atoms with Crippen LogP contribution >= 0.6 is 15.9 Å². The second-order valence-corrected chi connectivity index (χ2v) is 11.0. The van der Waals surface area contributed by atoms with E-state index in [9.17, 15) is 0 Å². The number of halogens is 1. The molecule has 1 aliphatic heterocycles. The Bertz CT molecular complexity index is 1690. The average Bonchev–Trinajstić information content (AvgIpc) is 3.42. The van der Waals surface area contributed by atoms with Crippen LogP contribution in [0.3, 0.4) is 0 Å². The maximum Gasteiger partial charge on any atom is 0.160 e. The van der Waals surface area contributed by atoms with Crippen LogP contribution in [-0.2, 0) is 10.3 Å². The number of fused-ring (bicyclic) bond motifs is 1. The van der Waals surface area contributed by atoms with Crippen LogP contribution in [0.5, 0.6) is 0 Å². The molecule has 6 aromatic rings. The minimum absolute atomic E-state index is 0.702. The first kappa shape index (κ1) is 25.6. The van der Waals surface area contributed by atoms with Crippen LogP contribution in [0, 0.1) is 0 Å². The summed E-state index contributed by atoms with van der Waals surface area (Å²) in [6, 6.07) is 38.0. The van der Waals surface area contributed by atoms with Crippen molar-refractivity contribution >= 4 is 32.8 Å². The van der Waals surface area contributed by atoms with Crippen molar-refractivity contribution in [2.45, 2.75) is 5.54 Å². The monoisotopic (exact) mass is 601 g/mol. The lowest BCUT2D eigenvalue weighted by molar-refractivity contribution is 0.122. The van der Waals surface area contributed by atoms with Gasteiger partial charge in [-0.1, -0.05) is 91.0 Å². The fourth-order valence-electron chi connectivity index (χ4n) is 5.86. The maximum absolute atomic E-state index is 5.58. The van der Waals surface area contributed by atoms with Gasteiger partial charge in [0.15, 0.2) is 5.65 Å². The molecule has 41 heavy (non-hydrogen) atoms. The SMILES string of the molecule is Brc1cnc2c(c1)c(-c1ccnc(N3CCOCC3)c1)nn2C(c1ccccc1)(c1ccccc1)c1ccccc1. The van der Waals surface area contributed by atoms with Gasteiger partial charge in [-0.05, 0) is 50.8 Å². The Kier molecular flexibility index (Phi) is 6.82. The summed E-state index contributed by atoms with van der Waals surface area (Å²) in [7, 11) is 0. The number of nitrogens with zero attached hydrogens (tertiary/aromatic N) is 5. The summed E-state index contributed by atoms with van der Waals surface area (Å²) >= 11 is 3.68. The average molecular weight is 603 g/mol. The predicted molar refractivity (Wildman–Crippen MR) is 166 cm³/mol. The molecule has 0 aliphatic carbocycles. The minimum Gasteiger partial charge on any atom is -0.378 e. The van der Waals surface area contributed by atoms with Crippen molar-refractivity contribution in [1.29, 1.82) is 0 Å². The first-order chi connectivity index (χ1) is 20.2. The van der Waals surface area contributed by atoms with Crippen molar-refractivity contribution in [1.82, 2.24) is 19.7 Å². The van der Waals surface area contributed by atoms with Crippen molar-refractivity contribution < 1.29 is 4.74 Å². The van der Waals surface area contributed by atoms with E-state index < -0.39 is 5.54 Å². The Balaban J connectivity index is 1.54. The number of anilines is 1. The highest BCUT2D eigenvalue weighted by Crippen LogP contribution is 2.44. The van der Waals surface area contributed by atoms with Crippen molar-refractivity contribution in [3.05, 3.63) is 143 Å². The second-order valence-electron chi connectivity index (χ2n) is 10.1. The lowest BCUT2D eigenvalue weighted by Crippen LogP contribution is -2.38. The molecule has 6 nitrogen and oxygen atoms in total. The van der Waals surface area contributed by atoms with Gasteiger partial charge < -0.3 is 9.64 Å². The Morgan fingerprint density at radius 1 is 0.707 bits per heavy atom. The summed E-state index contributed by atoms with van der Waals surface area (Å²) in [5, 5.41) is 6.41. The van der Waals surface area contributed by atoms with Crippen LogP contribution in [0.15, 0.2) is 126 Å². The van der Waals surface area contributed by atoms with Gasteiger partial charge in [0.25, 0.3) is 0 Å². The van der Waals surface area contributed by atoms with E-state index in [0.717, 1.165) is 62.4 Å². The van der Waals surface area contributed by atoms with Gasteiger partial charge in [0.05, 0.1) is 13.2 Å². The van der Waals surface area contributed by atoms with Gasteiger partial charge in [0.2, 0.25) is 0 Å². The molecule has 0 unspecified atom stereocenters. The molecule has 1 saturated heterocycles. The third kappa shape index (κ3) is 4.51. The molecule has 7 rings (SSSR count). The Labute approximate surface area is 247 Å². The molecule has 3 aromatic carbocycles. The quantitative estimate of drug-likeness (QED) is 0.194. The molecule has 202 valence electrons. The minimum atomic E-state index is -0.777. The number of pyridine rings is 2. The summed E-state index contributed by atoms with van der Waals surface area (Å²) in [5.74, 6) is 0.928. The Morgan fingerprint density at radius 3 is 1.88 bits per heavy atom. The second kappa shape index (κ2) is 10.9. The number of rotatable bonds is 6. The van der Waals surface area contributed by atoms with Crippen LogP contribution in [0.2, 0.25) is 0 Å². The van der Waals surface area contributed by atoms with Gasteiger partial charge in [0.1, 0.15) is 17.1 Å². The standard InChI is InChI=1S/C34H28BrN5O/c35-29-23-30-32(25-16-17-36-31(22-25)39-18-20-41-21-19-39)38-40(33(30)37-24-29)34(26-10-4-1-5-11-26,27-12-6-2-7-13-27)28-14-8-3-9-15-28/h1-17,22-24H,18-21H2. The van der Waals surface area contributed by atoms with Crippen LogP contribution in [0.25, 0.3) is 22.3 Å². The molecule has 0 spiro atoms. The van der Waals surface area contributed by atoms with Crippen molar-refractivity contribution in [2.75, 3.05) is 31.2 Å². The van der Waals surface area contributed by atoms with Gasteiger partial charge >= 0.3 is 0 Å². The van der Waals surface area contributed by atoms with Crippen molar-refractivity contribution in [3.8, 4) is 11.3 Å². The zero-order valence-corrected chi connectivity index (χ0v) is 24.0. The van der Waals surface area contributed by atoms with E-state index in [2.05, 4.69) is 129 Å². The van der Waals surface area contributed by atoms with E-state index in [4.69, 9.17) is 19.8 Å². The fourth-order valence-corrected chi connectivity index (χ4v) is 6.19. The highest BCUT2D eigenvalue weighted by Gasteiger charge is 2.41. The van der Waals surface area contributed by atoms with E-state index in [1.54, 1.807) is 0 Å². The number of hydrogen-bond donors (Lipinski definition) is 0.